The van der Waals surface area contributed by atoms with Gasteiger partial charge in [-0.05, 0) is 24.8 Å². The van der Waals surface area contributed by atoms with Gasteiger partial charge in [-0.2, -0.15) is 0 Å². The van der Waals surface area contributed by atoms with Crippen LogP contribution in [0.3, 0.4) is 0 Å². The van der Waals surface area contributed by atoms with Gasteiger partial charge in [-0.15, -0.1) is 0 Å². The second kappa shape index (κ2) is 8.54. The average molecular weight is 269 g/mol. The zero-order valence-corrected chi connectivity index (χ0v) is 13.1. The van der Waals surface area contributed by atoms with Gasteiger partial charge >= 0.3 is 0 Å². The normalized spacial score (nSPS) is 17.3. The molecule has 0 aromatic rings. The first-order valence-corrected chi connectivity index (χ1v) is 7.70. The number of rotatable bonds is 6. The van der Waals surface area contributed by atoms with E-state index in [0.29, 0.717) is 24.3 Å². The minimum absolute atomic E-state index is 0.296. The molecule has 1 heterocycles. The number of carbonyl (C=O) groups is 1. The third-order valence-electron chi connectivity index (χ3n) is 3.30. The monoisotopic (exact) mass is 269 g/mol. The van der Waals surface area contributed by atoms with Crippen molar-refractivity contribution >= 4 is 5.91 Å². The van der Waals surface area contributed by atoms with Gasteiger partial charge in [0, 0.05) is 32.7 Å². The van der Waals surface area contributed by atoms with Crippen LogP contribution in [0, 0.1) is 11.8 Å². The van der Waals surface area contributed by atoms with E-state index in [9.17, 15) is 4.79 Å². The lowest BCUT2D eigenvalue weighted by molar-refractivity contribution is -0.132. The summed E-state index contributed by atoms with van der Waals surface area (Å²) in [6.45, 7) is 15.2. The van der Waals surface area contributed by atoms with Gasteiger partial charge in [-0.1, -0.05) is 27.7 Å². The van der Waals surface area contributed by atoms with E-state index < -0.39 is 0 Å². The van der Waals surface area contributed by atoms with Crippen LogP contribution in [0.15, 0.2) is 0 Å². The maximum absolute atomic E-state index is 12.4. The van der Waals surface area contributed by atoms with Crippen molar-refractivity contribution in [1.82, 2.24) is 15.1 Å². The molecule has 0 aliphatic carbocycles. The molecular formula is C15H31N3O. The number of nitrogens with zero attached hydrogens (tertiary/aromatic N) is 2. The molecule has 0 spiro atoms. The van der Waals surface area contributed by atoms with Crippen LogP contribution in [0.1, 0.15) is 34.1 Å². The van der Waals surface area contributed by atoms with E-state index >= 15 is 0 Å². The molecule has 1 rings (SSSR count). The van der Waals surface area contributed by atoms with Crippen LogP contribution >= 0.6 is 0 Å². The maximum atomic E-state index is 12.4. The van der Waals surface area contributed by atoms with Gasteiger partial charge in [-0.3, -0.25) is 9.69 Å². The first-order valence-electron chi connectivity index (χ1n) is 7.70. The van der Waals surface area contributed by atoms with Crippen LogP contribution in [0.4, 0.5) is 0 Å². The molecule has 0 saturated carbocycles. The van der Waals surface area contributed by atoms with E-state index in [0.717, 1.165) is 45.7 Å². The molecule has 0 aromatic heterocycles. The molecular weight excluding hydrogens is 238 g/mol. The van der Waals surface area contributed by atoms with E-state index in [1.54, 1.807) is 0 Å². The summed E-state index contributed by atoms with van der Waals surface area (Å²) in [7, 11) is 0. The first kappa shape index (κ1) is 16.4. The summed E-state index contributed by atoms with van der Waals surface area (Å²) < 4.78 is 0. The van der Waals surface area contributed by atoms with E-state index in [1.807, 2.05) is 4.90 Å². The Morgan fingerprint density at radius 2 is 1.74 bits per heavy atom. The van der Waals surface area contributed by atoms with Crippen LogP contribution in [0.25, 0.3) is 0 Å². The third kappa shape index (κ3) is 6.92. The van der Waals surface area contributed by atoms with Crippen molar-refractivity contribution < 1.29 is 4.79 Å². The van der Waals surface area contributed by atoms with Crippen molar-refractivity contribution in [2.75, 3.05) is 45.8 Å². The fourth-order valence-corrected chi connectivity index (χ4v) is 2.62. The van der Waals surface area contributed by atoms with Crippen LogP contribution in [-0.2, 0) is 4.79 Å². The van der Waals surface area contributed by atoms with Gasteiger partial charge in [0.1, 0.15) is 0 Å². The molecule has 0 radical (unpaired) electrons. The van der Waals surface area contributed by atoms with E-state index in [1.165, 1.54) is 0 Å². The molecule has 19 heavy (non-hydrogen) atoms. The molecule has 4 nitrogen and oxygen atoms in total. The lowest BCUT2D eigenvalue weighted by atomic mass is 10.1. The zero-order valence-electron chi connectivity index (χ0n) is 13.1. The van der Waals surface area contributed by atoms with Crippen molar-refractivity contribution in [2.45, 2.75) is 34.1 Å². The molecule has 0 aromatic carbocycles. The predicted octanol–water partition coefficient (Wildman–Crippen LogP) is 1.42. The fraction of sp³-hybridized carbons (Fsp3) is 0.933. The SMILES string of the molecule is CC(C)CN(CC(=O)N1CCCNCC1)CC(C)C. The molecule has 0 atom stereocenters. The predicted molar refractivity (Wildman–Crippen MR) is 80.2 cm³/mol. The summed E-state index contributed by atoms with van der Waals surface area (Å²) in [5, 5.41) is 3.34. The summed E-state index contributed by atoms with van der Waals surface area (Å²) in [6, 6.07) is 0. The molecule has 112 valence electrons. The summed E-state index contributed by atoms with van der Waals surface area (Å²) in [6.07, 6.45) is 1.07. The number of carbonyl (C=O) groups excluding carboxylic acids is 1. The Kier molecular flexibility index (Phi) is 7.39. The highest BCUT2D eigenvalue weighted by Crippen LogP contribution is 2.05. The number of hydrogen-bond acceptors (Lipinski definition) is 3. The van der Waals surface area contributed by atoms with E-state index in [4.69, 9.17) is 0 Å². The van der Waals surface area contributed by atoms with Crippen LogP contribution in [-0.4, -0.2) is 61.5 Å². The van der Waals surface area contributed by atoms with Crippen molar-refractivity contribution in [3.05, 3.63) is 0 Å². The van der Waals surface area contributed by atoms with Crippen molar-refractivity contribution in [3.8, 4) is 0 Å². The van der Waals surface area contributed by atoms with E-state index in [2.05, 4.69) is 37.9 Å². The Morgan fingerprint density at radius 3 is 2.32 bits per heavy atom. The summed E-state index contributed by atoms with van der Waals surface area (Å²) in [5.41, 5.74) is 0. The number of hydrogen-bond donors (Lipinski definition) is 1. The van der Waals surface area contributed by atoms with Crippen molar-refractivity contribution in [3.63, 3.8) is 0 Å². The van der Waals surface area contributed by atoms with Crippen molar-refractivity contribution in [2.24, 2.45) is 11.8 Å². The molecule has 1 aliphatic heterocycles. The summed E-state index contributed by atoms with van der Waals surface area (Å²) in [4.78, 5) is 16.7. The van der Waals surface area contributed by atoms with E-state index in [-0.39, 0.29) is 0 Å². The molecule has 1 amide bonds. The Bertz CT molecular complexity index is 248. The molecule has 1 saturated heterocycles. The lowest BCUT2D eigenvalue weighted by Gasteiger charge is -2.28. The molecule has 4 heteroatoms. The third-order valence-corrected chi connectivity index (χ3v) is 3.30. The largest absolute Gasteiger partial charge is 0.340 e. The topological polar surface area (TPSA) is 35.6 Å². The highest BCUT2D eigenvalue weighted by molar-refractivity contribution is 5.78. The second-order valence-corrected chi connectivity index (χ2v) is 6.47. The van der Waals surface area contributed by atoms with Gasteiger partial charge in [0.15, 0.2) is 0 Å². The molecule has 0 unspecified atom stereocenters. The second-order valence-electron chi connectivity index (χ2n) is 6.47. The number of nitrogens with one attached hydrogen (secondary N) is 1. The van der Waals surface area contributed by atoms with Gasteiger partial charge in [-0.25, -0.2) is 0 Å². The van der Waals surface area contributed by atoms with Crippen LogP contribution in [0.2, 0.25) is 0 Å². The number of amides is 1. The molecule has 1 N–H and O–H groups in total. The summed E-state index contributed by atoms with van der Waals surface area (Å²) >= 11 is 0. The van der Waals surface area contributed by atoms with Gasteiger partial charge < -0.3 is 10.2 Å². The van der Waals surface area contributed by atoms with Gasteiger partial charge in [0.25, 0.3) is 0 Å². The Balaban J connectivity index is 2.48. The highest BCUT2D eigenvalue weighted by atomic mass is 16.2. The fourth-order valence-electron chi connectivity index (χ4n) is 2.62. The van der Waals surface area contributed by atoms with Crippen LogP contribution < -0.4 is 5.32 Å². The molecule has 1 fully saturated rings. The minimum atomic E-state index is 0.296. The van der Waals surface area contributed by atoms with Gasteiger partial charge in [0.2, 0.25) is 5.91 Å². The zero-order chi connectivity index (χ0) is 14.3. The standard InChI is InChI=1S/C15H31N3O/c1-13(2)10-17(11-14(3)4)12-15(19)18-8-5-6-16-7-9-18/h13-14,16H,5-12H2,1-4H3. The molecule has 1 aliphatic rings. The smallest absolute Gasteiger partial charge is 0.236 e. The lowest BCUT2D eigenvalue weighted by Crippen LogP contribution is -2.44. The summed E-state index contributed by atoms with van der Waals surface area (Å²) in [5.74, 6) is 1.51. The first-order chi connectivity index (χ1) is 8.99. The maximum Gasteiger partial charge on any atom is 0.236 e. The average Bonchev–Trinajstić information content (AvgIpc) is 2.55. The Labute approximate surface area is 118 Å². The highest BCUT2D eigenvalue weighted by Gasteiger charge is 2.19. The minimum Gasteiger partial charge on any atom is -0.340 e. The Hall–Kier alpha value is -0.610. The van der Waals surface area contributed by atoms with Gasteiger partial charge in [0.05, 0.1) is 6.54 Å². The molecule has 0 bridgehead atoms. The Morgan fingerprint density at radius 1 is 1.11 bits per heavy atom. The van der Waals surface area contributed by atoms with Crippen LogP contribution in [0.5, 0.6) is 0 Å². The quantitative estimate of drug-likeness (QED) is 0.792. The van der Waals surface area contributed by atoms with Crippen molar-refractivity contribution in [1.29, 1.82) is 0 Å².